The molecular formula is C15H17N3O2. The molecular weight excluding hydrogens is 254 g/mol. The average Bonchev–Trinajstić information content (AvgIpc) is 2.44. The third-order valence-corrected chi connectivity index (χ3v) is 2.45. The number of nitrogens with zero attached hydrogens (tertiary/aromatic N) is 1. The Morgan fingerprint density at radius 3 is 2.60 bits per heavy atom. The lowest BCUT2D eigenvalue weighted by molar-refractivity contribution is -0.117. The molecule has 0 fully saturated rings. The largest absolute Gasteiger partial charge is 0.348 e. The van der Waals surface area contributed by atoms with Crippen LogP contribution in [0.3, 0.4) is 0 Å². The molecule has 0 heterocycles. The molecule has 0 radical (unpaired) electrons. The maximum Gasteiger partial charge on any atom is 0.243 e. The lowest BCUT2D eigenvalue weighted by Gasteiger charge is -2.05. The lowest BCUT2D eigenvalue weighted by atomic mass is 10.2. The van der Waals surface area contributed by atoms with Crippen molar-refractivity contribution >= 4 is 17.5 Å². The summed E-state index contributed by atoms with van der Waals surface area (Å²) in [6.45, 7) is 2.39. The van der Waals surface area contributed by atoms with Gasteiger partial charge >= 0.3 is 0 Å². The van der Waals surface area contributed by atoms with Crippen molar-refractivity contribution in [3.05, 3.63) is 42.0 Å². The van der Waals surface area contributed by atoms with E-state index in [4.69, 9.17) is 5.26 Å². The highest BCUT2D eigenvalue weighted by atomic mass is 16.2. The SMILES string of the molecule is CC/C=C/C(=O)NCc1ccc(NC(=O)CC#N)cc1. The van der Waals surface area contributed by atoms with E-state index in [2.05, 4.69) is 10.6 Å². The fraction of sp³-hybridized carbons (Fsp3) is 0.267. The summed E-state index contributed by atoms with van der Waals surface area (Å²) in [5, 5.41) is 13.7. The molecule has 0 unspecified atom stereocenters. The third kappa shape index (κ3) is 5.83. The summed E-state index contributed by atoms with van der Waals surface area (Å²) in [4.78, 5) is 22.6. The number of nitriles is 1. The summed E-state index contributed by atoms with van der Waals surface area (Å²) in [6.07, 6.45) is 3.96. The monoisotopic (exact) mass is 271 g/mol. The Bertz CT molecular complexity index is 527. The van der Waals surface area contributed by atoms with Gasteiger partial charge in [-0.25, -0.2) is 0 Å². The molecule has 5 nitrogen and oxygen atoms in total. The van der Waals surface area contributed by atoms with Crippen LogP contribution in [0.1, 0.15) is 25.3 Å². The molecule has 1 rings (SSSR count). The number of hydrogen-bond donors (Lipinski definition) is 2. The van der Waals surface area contributed by atoms with Gasteiger partial charge in [0, 0.05) is 12.2 Å². The molecule has 20 heavy (non-hydrogen) atoms. The van der Waals surface area contributed by atoms with Crippen LogP contribution in [0.25, 0.3) is 0 Å². The van der Waals surface area contributed by atoms with E-state index in [1.807, 2.05) is 19.1 Å². The molecule has 2 amide bonds. The number of anilines is 1. The average molecular weight is 271 g/mol. The van der Waals surface area contributed by atoms with Crippen LogP contribution in [0, 0.1) is 11.3 Å². The molecule has 1 aromatic carbocycles. The van der Waals surface area contributed by atoms with Crippen molar-refractivity contribution in [1.82, 2.24) is 5.32 Å². The standard InChI is InChI=1S/C15H17N3O2/c1-2-3-4-14(19)17-11-12-5-7-13(8-6-12)18-15(20)9-10-16/h3-8H,2,9,11H2,1H3,(H,17,19)(H,18,20)/b4-3+. The molecule has 0 aliphatic carbocycles. The van der Waals surface area contributed by atoms with Gasteiger partial charge in [-0.15, -0.1) is 0 Å². The second-order valence-electron chi connectivity index (χ2n) is 4.11. The summed E-state index contributed by atoms with van der Waals surface area (Å²) in [6, 6.07) is 8.87. The zero-order chi connectivity index (χ0) is 14.8. The number of allylic oxidation sites excluding steroid dienone is 1. The van der Waals surface area contributed by atoms with Crippen LogP contribution in [0.15, 0.2) is 36.4 Å². The van der Waals surface area contributed by atoms with Crippen molar-refractivity contribution in [2.24, 2.45) is 0 Å². The maximum atomic E-state index is 11.4. The first kappa shape index (κ1) is 15.4. The highest BCUT2D eigenvalue weighted by Crippen LogP contribution is 2.09. The van der Waals surface area contributed by atoms with Crippen molar-refractivity contribution in [3.63, 3.8) is 0 Å². The van der Waals surface area contributed by atoms with Crippen molar-refractivity contribution in [2.45, 2.75) is 26.3 Å². The Hall–Kier alpha value is -2.61. The predicted molar refractivity (Wildman–Crippen MR) is 76.6 cm³/mol. The van der Waals surface area contributed by atoms with Gasteiger partial charge in [0.15, 0.2) is 0 Å². The number of nitrogens with one attached hydrogen (secondary N) is 2. The van der Waals surface area contributed by atoms with Gasteiger partial charge in [0.05, 0.1) is 6.07 Å². The van der Waals surface area contributed by atoms with Gasteiger partial charge in [-0.1, -0.05) is 25.1 Å². The number of rotatable bonds is 6. The molecule has 0 aliphatic heterocycles. The predicted octanol–water partition coefficient (Wildman–Crippen LogP) is 2.12. The number of carbonyl (C=O) groups is 2. The zero-order valence-corrected chi connectivity index (χ0v) is 11.3. The van der Waals surface area contributed by atoms with E-state index in [0.717, 1.165) is 12.0 Å². The highest BCUT2D eigenvalue weighted by Gasteiger charge is 2.01. The van der Waals surface area contributed by atoms with Gasteiger partial charge in [0.25, 0.3) is 0 Å². The first-order valence-electron chi connectivity index (χ1n) is 6.35. The van der Waals surface area contributed by atoms with Crippen molar-refractivity contribution < 1.29 is 9.59 Å². The minimum Gasteiger partial charge on any atom is -0.348 e. The van der Waals surface area contributed by atoms with E-state index >= 15 is 0 Å². The van der Waals surface area contributed by atoms with E-state index in [1.54, 1.807) is 24.3 Å². The van der Waals surface area contributed by atoms with Gasteiger partial charge < -0.3 is 10.6 Å². The molecule has 0 aliphatic rings. The fourth-order valence-electron chi connectivity index (χ4n) is 1.46. The molecule has 104 valence electrons. The smallest absolute Gasteiger partial charge is 0.243 e. The topological polar surface area (TPSA) is 82.0 Å². The lowest BCUT2D eigenvalue weighted by Crippen LogP contribution is -2.20. The minimum absolute atomic E-state index is 0.127. The summed E-state index contributed by atoms with van der Waals surface area (Å²) < 4.78 is 0. The normalized spacial score (nSPS) is 10.0. The van der Waals surface area contributed by atoms with Gasteiger partial charge in [-0.2, -0.15) is 5.26 Å². The second kappa shape index (κ2) is 8.48. The van der Waals surface area contributed by atoms with Crippen LogP contribution in [0.5, 0.6) is 0 Å². The minimum atomic E-state index is -0.335. The quantitative estimate of drug-likeness (QED) is 0.777. The Labute approximate surface area is 118 Å². The molecule has 0 aromatic heterocycles. The number of amides is 2. The summed E-state index contributed by atoms with van der Waals surface area (Å²) in [5.41, 5.74) is 1.56. The third-order valence-electron chi connectivity index (χ3n) is 2.45. The Morgan fingerprint density at radius 2 is 2.00 bits per heavy atom. The van der Waals surface area contributed by atoms with Crippen LogP contribution < -0.4 is 10.6 Å². The molecule has 0 bridgehead atoms. The van der Waals surface area contributed by atoms with Crippen LogP contribution in [-0.2, 0) is 16.1 Å². The van der Waals surface area contributed by atoms with Gasteiger partial charge in [-0.05, 0) is 30.2 Å². The van der Waals surface area contributed by atoms with E-state index in [1.165, 1.54) is 6.08 Å². The van der Waals surface area contributed by atoms with Crippen LogP contribution in [0.2, 0.25) is 0 Å². The Kier molecular flexibility index (Phi) is 6.55. The molecule has 0 spiro atoms. The number of benzene rings is 1. The Balaban J connectivity index is 2.47. The van der Waals surface area contributed by atoms with E-state index in [9.17, 15) is 9.59 Å². The van der Waals surface area contributed by atoms with E-state index in [0.29, 0.717) is 12.2 Å². The number of hydrogen-bond acceptors (Lipinski definition) is 3. The van der Waals surface area contributed by atoms with E-state index in [-0.39, 0.29) is 18.2 Å². The Morgan fingerprint density at radius 1 is 1.30 bits per heavy atom. The van der Waals surface area contributed by atoms with Crippen molar-refractivity contribution in [2.75, 3.05) is 5.32 Å². The van der Waals surface area contributed by atoms with Crippen LogP contribution in [-0.4, -0.2) is 11.8 Å². The molecule has 0 saturated heterocycles. The molecule has 2 N–H and O–H groups in total. The second-order valence-corrected chi connectivity index (χ2v) is 4.11. The molecule has 0 atom stereocenters. The first-order chi connectivity index (χ1) is 9.65. The van der Waals surface area contributed by atoms with Crippen LogP contribution in [0.4, 0.5) is 5.69 Å². The highest BCUT2D eigenvalue weighted by molar-refractivity contribution is 5.92. The van der Waals surface area contributed by atoms with Crippen LogP contribution >= 0.6 is 0 Å². The van der Waals surface area contributed by atoms with Crippen molar-refractivity contribution in [1.29, 1.82) is 5.26 Å². The zero-order valence-electron chi connectivity index (χ0n) is 11.3. The molecule has 0 saturated carbocycles. The first-order valence-corrected chi connectivity index (χ1v) is 6.35. The van der Waals surface area contributed by atoms with E-state index < -0.39 is 0 Å². The summed E-state index contributed by atoms with van der Waals surface area (Å²) in [5.74, 6) is -0.462. The number of carbonyl (C=O) groups excluding carboxylic acids is 2. The van der Waals surface area contributed by atoms with Gasteiger partial charge in [0.2, 0.25) is 11.8 Å². The summed E-state index contributed by atoms with van der Waals surface area (Å²) in [7, 11) is 0. The fourth-order valence-corrected chi connectivity index (χ4v) is 1.46. The molecule has 5 heteroatoms. The maximum absolute atomic E-state index is 11.4. The van der Waals surface area contributed by atoms with Crippen molar-refractivity contribution in [3.8, 4) is 6.07 Å². The van der Waals surface area contributed by atoms with Gasteiger partial charge in [-0.3, -0.25) is 9.59 Å². The molecule has 1 aromatic rings. The summed E-state index contributed by atoms with van der Waals surface area (Å²) >= 11 is 0. The van der Waals surface area contributed by atoms with Gasteiger partial charge in [0.1, 0.15) is 6.42 Å².